The van der Waals surface area contributed by atoms with E-state index in [2.05, 4.69) is 10.5 Å². The number of hydrogen-bond donors (Lipinski definition) is 2. The lowest BCUT2D eigenvalue weighted by atomic mass is 10.1. The first-order valence-corrected chi connectivity index (χ1v) is 6.52. The molecule has 0 radical (unpaired) electrons. The molecule has 0 fully saturated rings. The van der Waals surface area contributed by atoms with Crippen molar-refractivity contribution < 1.29 is 23.6 Å². The van der Waals surface area contributed by atoms with Crippen molar-refractivity contribution in [3.05, 3.63) is 40.7 Å². The molecule has 0 spiro atoms. The van der Waals surface area contributed by atoms with Gasteiger partial charge in [-0.1, -0.05) is 5.16 Å². The van der Waals surface area contributed by atoms with Gasteiger partial charge in [0.25, 0.3) is 5.91 Å². The third kappa shape index (κ3) is 3.50. The summed E-state index contributed by atoms with van der Waals surface area (Å²) in [5, 5.41) is 15.3. The van der Waals surface area contributed by atoms with Gasteiger partial charge in [0.05, 0.1) is 5.69 Å². The number of carbonyl (C=O) groups is 2. The van der Waals surface area contributed by atoms with Gasteiger partial charge in [-0.15, -0.1) is 0 Å². The van der Waals surface area contributed by atoms with E-state index in [4.69, 9.17) is 14.0 Å². The number of furan rings is 1. The Morgan fingerprint density at radius 3 is 2.57 bits per heavy atom. The van der Waals surface area contributed by atoms with E-state index in [9.17, 15) is 9.59 Å². The zero-order valence-corrected chi connectivity index (χ0v) is 11.8. The molecule has 0 saturated carbocycles. The quantitative estimate of drug-likeness (QED) is 0.788. The SMILES string of the molecule is Cc1noc(C)c1CCCNC(=O)c1ccc(C(=O)O)o1. The summed E-state index contributed by atoms with van der Waals surface area (Å²) in [5.74, 6) is -1.11. The highest BCUT2D eigenvalue weighted by Crippen LogP contribution is 2.14. The minimum Gasteiger partial charge on any atom is -0.475 e. The molecule has 0 aliphatic carbocycles. The second kappa shape index (κ2) is 6.25. The summed E-state index contributed by atoms with van der Waals surface area (Å²) in [5.41, 5.74) is 1.91. The number of aromatic nitrogens is 1. The summed E-state index contributed by atoms with van der Waals surface area (Å²) in [7, 11) is 0. The maximum Gasteiger partial charge on any atom is 0.371 e. The van der Waals surface area contributed by atoms with Gasteiger partial charge in [-0.3, -0.25) is 4.79 Å². The molecule has 0 bridgehead atoms. The van der Waals surface area contributed by atoms with Gasteiger partial charge in [0.2, 0.25) is 5.76 Å². The average molecular weight is 292 g/mol. The molecular weight excluding hydrogens is 276 g/mol. The Labute approximate surface area is 120 Å². The number of carboxylic acids is 1. The van der Waals surface area contributed by atoms with E-state index >= 15 is 0 Å². The van der Waals surface area contributed by atoms with Crippen molar-refractivity contribution in [1.82, 2.24) is 10.5 Å². The highest BCUT2D eigenvalue weighted by molar-refractivity contribution is 5.93. The molecule has 0 unspecified atom stereocenters. The zero-order valence-electron chi connectivity index (χ0n) is 11.8. The van der Waals surface area contributed by atoms with Crippen LogP contribution in [0.3, 0.4) is 0 Å². The second-order valence-electron chi connectivity index (χ2n) is 4.63. The van der Waals surface area contributed by atoms with Crippen molar-refractivity contribution in [3.63, 3.8) is 0 Å². The second-order valence-corrected chi connectivity index (χ2v) is 4.63. The van der Waals surface area contributed by atoms with Crippen molar-refractivity contribution in [2.75, 3.05) is 6.54 Å². The molecule has 7 nitrogen and oxygen atoms in total. The van der Waals surface area contributed by atoms with E-state index in [-0.39, 0.29) is 11.5 Å². The minimum absolute atomic E-state index is 0.00950. The molecular formula is C14H16N2O5. The number of hydrogen-bond acceptors (Lipinski definition) is 5. The molecule has 21 heavy (non-hydrogen) atoms. The Hall–Kier alpha value is -2.57. The first kappa shape index (κ1) is 14.8. The van der Waals surface area contributed by atoms with Crippen LogP contribution in [0.1, 0.15) is 44.5 Å². The lowest BCUT2D eigenvalue weighted by Crippen LogP contribution is -2.24. The van der Waals surface area contributed by atoms with E-state index in [1.807, 2.05) is 13.8 Å². The summed E-state index contributed by atoms with van der Waals surface area (Å²) in [6, 6.07) is 2.59. The van der Waals surface area contributed by atoms with Crippen molar-refractivity contribution in [1.29, 1.82) is 0 Å². The van der Waals surface area contributed by atoms with E-state index < -0.39 is 11.9 Å². The van der Waals surface area contributed by atoms with Crippen molar-refractivity contribution in [3.8, 4) is 0 Å². The van der Waals surface area contributed by atoms with Crippen LogP contribution in [0.15, 0.2) is 21.1 Å². The smallest absolute Gasteiger partial charge is 0.371 e. The first-order chi connectivity index (χ1) is 9.99. The van der Waals surface area contributed by atoms with Crippen LogP contribution in [-0.4, -0.2) is 28.7 Å². The lowest BCUT2D eigenvalue weighted by molar-refractivity contribution is 0.0659. The van der Waals surface area contributed by atoms with Gasteiger partial charge in [-0.05, 0) is 38.8 Å². The van der Waals surface area contributed by atoms with Crippen molar-refractivity contribution in [2.24, 2.45) is 0 Å². The van der Waals surface area contributed by atoms with Crippen molar-refractivity contribution >= 4 is 11.9 Å². The number of rotatable bonds is 6. The maximum atomic E-state index is 11.7. The van der Waals surface area contributed by atoms with E-state index in [1.165, 1.54) is 12.1 Å². The fraction of sp³-hybridized carbons (Fsp3) is 0.357. The molecule has 2 rings (SSSR count). The monoisotopic (exact) mass is 292 g/mol. The standard InChI is InChI=1S/C14H16N2O5/c1-8-10(9(2)21-16-8)4-3-7-15-13(17)11-5-6-12(20-11)14(18)19/h5-6H,3-4,7H2,1-2H3,(H,15,17)(H,18,19). The van der Waals surface area contributed by atoms with Gasteiger partial charge in [0, 0.05) is 12.1 Å². The molecule has 0 aliphatic rings. The Bertz CT molecular complexity index is 637. The Morgan fingerprint density at radius 2 is 2.00 bits per heavy atom. The van der Waals surface area contributed by atoms with Gasteiger partial charge >= 0.3 is 5.97 Å². The molecule has 2 N–H and O–H groups in total. The topological polar surface area (TPSA) is 106 Å². The van der Waals surface area contributed by atoms with Crippen LogP contribution in [0.4, 0.5) is 0 Å². The summed E-state index contributed by atoms with van der Waals surface area (Å²) in [4.78, 5) is 22.4. The molecule has 2 aromatic rings. The minimum atomic E-state index is -1.20. The predicted molar refractivity (Wildman–Crippen MR) is 72.3 cm³/mol. The van der Waals surface area contributed by atoms with Crippen LogP contribution < -0.4 is 5.32 Å². The maximum absolute atomic E-state index is 11.7. The number of carboxylic acid groups (broad SMARTS) is 1. The molecule has 0 aromatic carbocycles. The largest absolute Gasteiger partial charge is 0.475 e. The number of nitrogens with zero attached hydrogens (tertiary/aromatic N) is 1. The van der Waals surface area contributed by atoms with Crippen molar-refractivity contribution in [2.45, 2.75) is 26.7 Å². The zero-order chi connectivity index (χ0) is 15.4. The normalized spacial score (nSPS) is 10.6. The molecule has 0 atom stereocenters. The molecule has 0 saturated heterocycles. The number of aromatic carboxylic acids is 1. The summed E-state index contributed by atoms with van der Waals surface area (Å²) in [6.45, 7) is 4.18. The summed E-state index contributed by atoms with van der Waals surface area (Å²) >= 11 is 0. The van der Waals surface area contributed by atoms with Crippen LogP contribution in [0.2, 0.25) is 0 Å². The van der Waals surface area contributed by atoms with Gasteiger partial charge < -0.3 is 19.4 Å². The van der Waals surface area contributed by atoms with Crippen LogP contribution in [0.25, 0.3) is 0 Å². The summed E-state index contributed by atoms with van der Waals surface area (Å²) in [6.07, 6.45) is 1.47. The molecule has 1 amide bonds. The van der Waals surface area contributed by atoms with Crippen LogP contribution >= 0.6 is 0 Å². The Balaban J connectivity index is 1.80. The number of aryl methyl sites for hydroxylation is 2. The fourth-order valence-electron chi connectivity index (χ4n) is 1.99. The third-order valence-electron chi connectivity index (χ3n) is 3.11. The van der Waals surface area contributed by atoms with Crippen LogP contribution in [-0.2, 0) is 6.42 Å². The number of amides is 1. The van der Waals surface area contributed by atoms with Gasteiger partial charge in [-0.2, -0.15) is 0 Å². The third-order valence-corrected chi connectivity index (χ3v) is 3.11. The van der Waals surface area contributed by atoms with Crippen LogP contribution in [0, 0.1) is 13.8 Å². The molecule has 112 valence electrons. The molecule has 2 heterocycles. The number of nitrogens with one attached hydrogen (secondary N) is 1. The molecule has 7 heteroatoms. The van der Waals surface area contributed by atoms with E-state index in [0.717, 1.165) is 29.9 Å². The van der Waals surface area contributed by atoms with Crippen LogP contribution in [0.5, 0.6) is 0 Å². The molecule has 0 aliphatic heterocycles. The van der Waals surface area contributed by atoms with Gasteiger partial charge in [0.15, 0.2) is 5.76 Å². The molecule has 2 aromatic heterocycles. The van der Waals surface area contributed by atoms with Gasteiger partial charge in [0.1, 0.15) is 5.76 Å². The summed E-state index contributed by atoms with van der Waals surface area (Å²) < 4.78 is 9.97. The average Bonchev–Trinajstić information content (AvgIpc) is 3.04. The lowest BCUT2D eigenvalue weighted by Gasteiger charge is -2.03. The Morgan fingerprint density at radius 1 is 1.29 bits per heavy atom. The van der Waals surface area contributed by atoms with E-state index in [1.54, 1.807) is 0 Å². The first-order valence-electron chi connectivity index (χ1n) is 6.52. The fourth-order valence-corrected chi connectivity index (χ4v) is 1.99. The van der Waals surface area contributed by atoms with Gasteiger partial charge in [-0.25, -0.2) is 4.79 Å². The predicted octanol–water partition coefficient (Wildman–Crippen LogP) is 1.95. The van der Waals surface area contributed by atoms with E-state index in [0.29, 0.717) is 6.54 Å². The Kier molecular flexibility index (Phi) is 4.42. The number of carbonyl (C=O) groups excluding carboxylic acids is 1. The highest BCUT2D eigenvalue weighted by atomic mass is 16.5. The highest BCUT2D eigenvalue weighted by Gasteiger charge is 2.14.